The molecule has 0 heterocycles. The van der Waals surface area contributed by atoms with Gasteiger partial charge < -0.3 is 15.4 Å². The number of benzene rings is 1. The molecule has 1 saturated carbocycles. The molecule has 2 rings (SSSR count). The van der Waals surface area contributed by atoms with Gasteiger partial charge in [0.1, 0.15) is 5.75 Å². The number of carbonyl (C=O) groups is 1. The van der Waals surface area contributed by atoms with E-state index in [9.17, 15) is 4.79 Å². The number of ether oxygens (including phenoxy) is 1. The molecule has 0 spiro atoms. The van der Waals surface area contributed by atoms with Crippen LogP contribution in [0.3, 0.4) is 0 Å². The van der Waals surface area contributed by atoms with Gasteiger partial charge in [-0.05, 0) is 43.2 Å². The topological polar surface area (TPSA) is 50.4 Å². The van der Waals surface area contributed by atoms with E-state index in [-0.39, 0.29) is 12.5 Å². The van der Waals surface area contributed by atoms with Gasteiger partial charge in [0.15, 0.2) is 6.61 Å². The van der Waals surface area contributed by atoms with E-state index in [1.165, 1.54) is 25.7 Å². The zero-order valence-corrected chi connectivity index (χ0v) is 13.2. The Morgan fingerprint density at radius 3 is 2.71 bits per heavy atom. The highest BCUT2D eigenvalue weighted by Crippen LogP contribution is 2.36. The van der Waals surface area contributed by atoms with Crippen molar-refractivity contribution in [1.29, 1.82) is 0 Å². The van der Waals surface area contributed by atoms with Crippen molar-refractivity contribution in [3.63, 3.8) is 0 Å². The van der Waals surface area contributed by atoms with Crippen LogP contribution in [0.2, 0.25) is 0 Å². The molecule has 1 fully saturated rings. The average Bonchev–Trinajstić information content (AvgIpc) is 2.47. The van der Waals surface area contributed by atoms with Gasteiger partial charge in [-0.15, -0.1) is 0 Å². The van der Waals surface area contributed by atoms with Gasteiger partial charge in [-0.3, -0.25) is 4.79 Å². The lowest BCUT2D eigenvalue weighted by Gasteiger charge is -2.35. The van der Waals surface area contributed by atoms with Crippen molar-refractivity contribution in [1.82, 2.24) is 5.32 Å². The van der Waals surface area contributed by atoms with E-state index < -0.39 is 0 Å². The number of carbonyl (C=O) groups excluding carboxylic acids is 1. The van der Waals surface area contributed by atoms with Crippen molar-refractivity contribution in [2.45, 2.75) is 45.6 Å². The van der Waals surface area contributed by atoms with Crippen LogP contribution in [0.25, 0.3) is 0 Å². The van der Waals surface area contributed by atoms with Crippen LogP contribution in [0.4, 0.5) is 5.69 Å². The van der Waals surface area contributed by atoms with Crippen molar-refractivity contribution in [2.24, 2.45) is 5.41 Å². The fourth-order valence-corrected chi connectivity index (χ4v) is 2.68. The van der Waals surface area contributed by atoms with Crippen molar-refractivity contribution in [3.8, 4) is 5.75 Å². The number of nitrogens with one attached hydrogen (secondary N) is 2. The molecule has 0 bridgehead atoms. The summed E-state index contributed by atoms with van der Waals surface area (Å²) in [6.45, 7) is 4.74. The van der Waals surface area contributed by atoms with Crippen LogP contribution < -0.4 is 15.4 Å². The van der Waals surface area contributed by atoms with E-state index in [0.29, 0.717) is 11.5 Å². The summed E-state index contributed by atoms with van der Waals surface area (Å²) in [4.78, 5) is 11.2. The predicted molar refractivity (Wildman–Crippen MR) is 85.7 cm³/mol. The largest absolute Gasteiger partial charge is 0.484 e. The number of hydrogen-bond acceptors (Lipinski definition) is 3. The molecule has 0 unspecified atom stereocenters. The maximum atomic E-state index is 11.2. The first kappa shape index (κ1) is 15.7. The normalized spacial score (nSPS) is 18.0. The van der Waals surface area contributed by atoms with Crippen LogP contribution in [0, 0.1) is 5.41 Å². The Morgan fingerprint density at radius 2 is 2.05 bits per heavy atom. The molecule has 1 aliphatic carbocycles. The lowest BCUT2D eigenvalue weighted by Crippen LogP contribution is -2.29. The van der Waals surface area contributed by atoms with Gasteiger partial charge in [0, 0.05) is 24.8 Å². The van der Waals surface area contributed by atoms with Crippen LogP contribution in [0.15, 0.2) is 24.3 Å². The van der Waals surface area contributed by atoms with Crippen LogP contribution >= 0.6 is 0 Å². The molecule has 0 atom stereocenters. The van der Waals surface area contributed by atoms with Gasteiger partial charge >= 0.3 is 0 Å². The summed E-state index contributed by atoms with van der Waals surface area (Å²) in [7, 11) is 1.61. The lowest BCUT2D eigenvalue weighted by molar-refractivity contribution is -0.122. The van der Waals surface area contributed by atoms with E-state index in [1.54, 1.807) is 7.05 Å². The molecule has 1 aromatic rings. The van der Waals surface area contributed by atoms with E-state index in [1.807, 2.05) is 24.3 Å². The van der Waals surface area contributed by atoms with Crippen LogP contribution in [0.5, 0.6) is 5.75 Å². The van der Waals surface area contributed by atoms with Crippen LogP contribution in [0.1, 0.15) is 39.5 Å². The minimum atomic E-state index is -0.122. The maximum absolute atomic E-state index is 11.2. The first-order chi connectivity index (χ1) is 9.98. The molecular weight excluding hydrogens is 264 g/mol. The average molecular weight is 290 g/mol. The predicted octanol–water partition coefficient (Wildman–Crippen LogP) is 3.19. The van der Waals surface area contributed by atoms with E-state index in [0.717, 1.165) is 11.4 Å². The number of hydrogen-bond donors (Lipinski definition) is 2. The van der Waals surface area contributed by atoms with Gasteiger partial charge in [-0.2, -0.15) is 0 Å². The Labute approximate surface area is 127 Å². The maximum Gasteiger partial charge on any atom is 0.257 e. The third-order valence-corrected chi connectivity index (χ3v) is 4.19. The fraction of sp³-hybridized carbons (Fsp3) is 0.588. The summed E-state index contributed by atoms with van der Waals surface area (Å²) in [5.74, 6) is 0.600. The van der Waals surface area contributed by atoms with Gasteiger partial charge in [0.05, 0.1) is 0 Å². The Kier molecular flexibility index (Phi) is 5.10. The van der Waals surface area contributed by atoms with Crippen LogP contribution in [-0.4, -0.2) is 25.6 Å². The molecule has 4 nitrogen and oxygen atoms in total. The van der Waals surface area contributed by atoms with Crippen molar-refractivity contribution < 1.29 is 9.53 Å². The number of rotatable bonds is 5. The molecule has 4 heteroatoms. The summed E-state index contributed by atoms with van der Waals surface area (Å²) >= 11 is 0. The van der Waals surface area contributed by atoms with E-state index >= 15 is 0 Å². The first-order valence-electron chi connectivity index (χ1n) is 7.68. The SMILES string of the molecule is CNC(=O)COc1cccc(NC2CCC(C)(C)CC2)c1. The zero-order valence-electron chi connectivity index (χ0n) is 13.2. The number of likely N-dealkylation sites (N-methyl/N-ethyl adjacent to an activating group) is 1. The molecule has 21 heavy (non-hydrogen) atoms. The molecule has 0 aliphatic heterocycles. The molecule has 116 valence electrons. The first-order valence-corrected chi connectivity index (χ1v) is 7.68. The lowest BCUT2D eigenvalue weighted by atomic mass is 9.75. The van der Waals surface area contributed by atoms with E-state index in [2.05, 4.69) is 24.5 Å². The smallest absolute Gasteiger partial charge is 0.257 e. The molecule has 0 saturated heterocycles. The highest BCUT2D eigenvalue weighted by molar-refractivity contribution is 5.77. The summed E-state index contributed by atoms with van der Waals surface area (Å²) < 4.78 is 5.47. The number of amides is 1. The van der Waals surface area contributed by atoms with Crippen molar-refractivity contribution >= 4 is 11.6 Å². The second-order valence-electron chi connectivity index (χ2n) is 6.57. The highest BCUT2D eigenvalue weighted by Gasteiger charge is 2.26. The Balaban J connectivity index is 1.88. The molecule has 0 aromatic heterocycles. The van der Waals surface area contributed by atoms with Crippen LogP contribution in [-0.2, 0) is 4.79 Å². The summed E-state index contributed by atoms with van der Waals surface area (Å²) in [6, 6.07) is 8.37. The van der Waals surface area contributed by atoms with Gasteiger partial charge in [0.2, 0.25) is 0 Å². The van der Waals surface area contributed by atoms with Gasteiger partial charge in [-0.25, -0.2) is 0 Å². The van der Waals surface area contributed by atoms with Crippen molar-refractivity contribution in [3.05, 3.63) is 24.3 Å². The molecular formula is C17H26N2O2. The quantitative estimate of drug-likeness (QED) is 0.875. The van der Waals surface area contributed by atoms with E-state index in [4.69, 9.17) is 4.74 Å². The minimum Gasteiger partial charge on any atom is -0.484 e. The third kappa shape index (κ3) is 4.96. The number of anilines is 1. The fourth-order valence-electron chi connectivity index (χ4n) is 2.68. The summed E-state index contributed by atoms with van der Waals surface area (Å²) in [5.41, 5.74) is 1.55. The zero-order chi connectivity index (χ0) is 15.3. The third-order valence-electron chi connectivity index (χ3n) is 4.19. The summed E-state index contributed by atoms with van der Waals surface area (Å²) in [6.07, 6.45) is 4.93. The Bertz CT molecular complexity index is 475. The van der Waals surface area contributed by atoms with Crippen molar-refractivity contribution in [2.75, 3.05) is 19.0 Å². The molecule has 0 radical (unpaired) electrons. The monoisotopic (exact) mass is 290 g/mol. The molecule has 1 aliphatic rings. The highest BCUT2D eigenvalue weighted by atomic mass is 16.5. The minimum absolute atomic E-state index is 0.0531. The summed E-state index contributed by atoms with van der Waals surface area (Å²) in [5, 5.41) is 6.12. The second kappa shape index (κ2) is 6.83. The molecule has 2 N–H and O–H groups in total. The second-order valence-corrected chi connectivity index (χ2v) is 6.57. The Morgan fingerprint density at radius 1 is 1.33 bits per heavy atom. The standard InChI is InChI=1S/C17H26N2O2/c1-17(2)9-7-13(8-10-17)19-14-5-4-6-15(11-14)21-12-16(20)18-3/h4-6,11,13,19H,7-10,12H2,1-3H3,(H,18,20). The van der Waals surface area contributed by atoms with Gasteiger partial charge in [-0.1, -0.05) is 19.9 Å². The Hall–Kier alpha value is -1.71. The molecule has 1 aromatic carbocycles. The van der Waals surface area contributed by atoms with Gasteiger partial charge in [0.25, 0.3) is 5.91 Å². The molecule has 1 amide bonds.